The van der Waals surface area contributed by atoms with Crippen molar-refractivity contribution in [1.82, 2.24) is 4.57 Å². The van der Waals surface area contributed by atoms with Crippen molar-refractivity contribution in [1.29, 1.82) is 0 Å². The van der Waals surface area contributed by atoms with E-state index in [-0.39, 0.29) is 0 Å². The molecule has 0 fully saturated rings. The third-order valence-corrected chi connectivity index (χ3v) is 3.65. The molecule has 0 amide bonds. The van der Waals surface area contributed by atoms with Gasteiger partial charge >= 0.3 is 0 Å². The average Bonchev–Trinajstić information content (AvgIpc) is 2.74. The van der Waals surface area contributed by atoms with Crippen molar-refractivity contribution < 1.29 is 4.79 Å². The predicted molar refractivity (Wildman–Crippen MR) is 71.8 cm³/mol. The zero-order chi connectivity index (χ0) is 12.5. The lowest BCUT2D eigenvalue weighted by molar-refractivity contribution is 0.0952. The number of carbonyl (C=O) groups is 1. The smallest absolute Gasteiger partial charge is 0.164 e. The van der Waals surface area contributed by atoms with Crippen LogP contribution in [0.1, 0.15) is 35.0 Å². The van der Waals surface area contributed by atoms with Crippen LogP contribution in [0.25, 0.3) is 0 Å². The lowest BCUT2D eigenvalue weighted by Crippen LogP contribution is -2.19. The molecule has 1 aromatic heterocycles. The Bertz CT molecular complexity index is 568. The summed E-state index contributed by atoms with van der Waals surface area (Å²) in [7, 11) is 0. The van der Waals surface area contributed by atoms with Gasteiger partial charge in [-0.25, -0.2) is 0 Å². The van der Waals surface area contributed by atoms with Crippen molar-refractivity contribution in [3.05, 3.63) is 59.4 Å². The molecule has 1 aromatic carbocycles. The van der Waals surface area contributed by atoms with Crippen LogP contribution in [0.5, 0.6) is 0 Å². The first kappa shape index (κ1) is 11.3. The lowest BCUT2D eigenvalue weighted by Gasteiger charge is -2.20. The standard InChI is InChI=1S/C16H17NO/c1-12-9-15-14(16(18)10-12)7-8-17(15)11-13-5-3-2-4-6-13/h2-8,12H,9-11H2,1H3. The van der Waals surface area contributed by atoms with Crippen molar-refractivity contribution in [3.8, 4) is 0 Å². The van der Waals surface area contributed by atoms with Crippen molar-refractivity contribution in [2.24, 2.45) is 5.92 Å². The van der Waals surface area contributed by atoms with E-state index in [4.69, 9.17) is 0 Å². The van der Waals surface area contributed by atoms with Gasteiger partial charge in [-0.05, 0) is 24.0 Å². The first-order valence-electron chi connectivity index (χ1n) is 6.49. The van der Waals surface area contributed by atoms with E-state index in [1.54, 1.807) is 0 Å². The van der Waals surface area contributed by atoms with Crippen LogP contribution in [-0.4, -0.2) is 10.4 Å². The Balaban J connectivity index is 1.93. The highest BCUT2D eigenvalue weighted by Gasteiger charge is 2.24. The minimum atomic E-state index is 0.301. The summed E-state index contributed by atoms with van der Waals surface area (Å²) in [5.74, 6) is 0.769. The molecule has 1 aliphatic rings. The minimum absolute atomic E-state index is 0.301. The largest absolute Gasteiger partial charge is 0.346 e. The Morgan fingerprint density at radius 1 is 1.17 bits per heavy atom. The van der Waals surface area contributed by atoms with Gasteiger partial charge in [0.25, 0.3) is 0 Å². The van der Waals surface area contributed by atoms with E-state index in [0.717, 1.165) is 18.5 Å². The Labute approximate surface area is 107 Å². The van der Waals surface area contributed by atoms with Crippen molar-refractivity contribution in [3.63, 3.8) is 0 Å². The molecule has 1 heterocycles. The first-order chi connectivity index (χ1) is 8.74. The molecule has 0 spiro atoms. The molecule has 0 aliphatic heterocycles. The van der Waals surface area contributed by atoms with Gasteiger partial charge in [0.1, 0.15) is 0 Å². The van der Waals surface area contributed by atoms with E-state index < -0.39 is 0 Å². The molecule has 2 heteroatoms. The number of carbonyl (C=O) groups excluding carboxylic acids is 1. The summed E-state index contributed by atoms with van der Waals surface area (Å²) in [6.45, 7) is 3.01. The summed E-state index contributed by atoms with van der Waals surface area (Å²) < 4.78 is 2.22. The maximum atomic E-state index is 11.9. The minimum Gasteiger partial charge on any atom is -0.346 e. The second-order valence-electron chi connectivity index (χ2n) is 5.23. The van der Waals surface area contributed by atoms with Crippen LogP contribution in [0.15, 0.2) is 42.6 Å². The number of ketones is 1. The summed E-state index contributed by atoms with van der Waals surface area (Å²) in [4.78, 5) is 11.9. The van der Waals surface area contributed by atoms with Crippen LogP contribution in [0, 0.1) is 5.92 Å². The highest BCUT2D eigenvalue weighted by atomic mass is 16.1. The molecule has 18 heavy (non-hydrogen) atoms. The van der Waals surface area contributed by atoms with E-state index in [1.807, 2.05) is 18.3 Å². The van der Waals surface area contributed by atoms with Gasteiger partial charge in [0.2, 0.25) is 0 Å². The summed E-state index contributed by atoms with van der Waals surface area (Å²) in [5, 5.41) is 0. The molecule has 0 saturated heterocycles. The van der Waals surface area contributed by atoms with Gasteiger partial charge < -0.3 is 4.57 Å². The molecule has 2 nitrogen and oxygen atoms in total. The average molecular weight is 239 g/mol. The maximum absolute atomic E-state index is 11.9. The molecular formula is C16H17NO. The lowest BCUT2D eigenvalue weighted by atomic mass is 9.88. The quantitative estimate of drug-likeness (QED) is 0.788. The van der Waals surface area contributed by atoms with Crippen LogP contribution in [0.2, 0.25) is 0 Å². The van der Waals surface area contributed by atoms with Crippen LogP contribution in [0.4, 0.5) is 0 Å². The van der Waals surface area contributed by atoms with Crippen LogP contribution >= 0.6 is 0 Å². The molecule has 2 aromatic rings. The van der Waals surface area contributed by atoms with Gasteiger partial charge in [0.15, 0.2) is 5.78 Å². The SMILES string of the molecule is CC1CC(=O)c2ccn(Cc3ccccc3)c2C1. The van der Waals surface area contributed by atoms with Gasteiger partial charge in [-0.1, -0.05) is 37.3 Å². The van der Waals surface area contributed by atoms with E-state index in [9.17, 15) is 4.79 Å². The number of hydrogen-bond donors (Lipinski definition) is 0. The third kappa shape index (κ3) is 1.99. The summed E-state index contributed by atoms with van der Waals surface area (Å²) >= 11 is 0. The highest BCUT2D eigenvalue weighted by molar-refractivity contribution is 5.98. The Morgan fingerprint density at radius 3 is 2.72 bits per heavy atom. The summed E-state index contributed by atoms with van der Waals surface area (Å²) in [6, 6.07) is 12.4. The van der Waals surface area contributed by atoms with Crippen LogP contribution in [-0.2, 0) is 13.0 Å². The molecule has 1 unspecified atom stereocenters. The van der Waals surface area contributed by atoms with Crippen LogP contribution in [0.3, 0.4) is 0 Å². The monoisotopic (exact) mass is 239 g/mol. The van der Waals surface area contributed by atoms with E-state index in [1.165, 1.54) is 11.3 Å². The second kappa shape index (κ2) is 4.45. The van der Waals surface area contributed by atoms with Crippen LogP contribution < -0.4 is 0 Å². The fourth-order valence-electron chi connectivity index (χ4n) is 2.74. The summed E-state index contributed by atoms with van der Waals surface area (Å²) in [6.07, 6.45) is 3.76. The van der Waals surface area contributed by atoms with Crippen molar-refractivity contribution in [2.75, 3.05) is 0 Å². The van der Waals surface area contributed by atoms with E-state index in [0.29, 0.717) is 18.1 Å². The van der Waals surface area contributed by atoms with E-state index in [2.05, 4.69) is 35.8 Å². The molecule has 1 aliphatic carbocycles. The first-order valence-corrected chi connectivity index (χ1v) is 6.49. The Hall–Kier alpha value is -1.83. The van der Waals surface area contributed by atoms with Gasteiger partial charge in [-0.15, -0.1) is 0 Å². The molecule has 1 atom stereocenters. The Morgan fingerprint density at radius 2 is 1.94 bits per heavy atom. The number of rotatable bonds is 2. The molecule has 3 rings (SSSR count). The normalized spacial score (nSPS) is 18.7. The number of fused-ring (bicyclic) bond motifs is 1. The maximum Gasteiger partial charge on any atom is 0.164 e. The molecule has 0 N–H and O–H groups in total. The molecule has 0 radical (unpaired) electrons. The molecule has 0 saturated carbocycles. The fourth-order valence-corrected chi connectivity index (χ4v) is 2.74. The predicted octanol–water partition coefficient (Wildman–Crippen LogP) is 3.30. The van der Waals surface area contributed by atoms with Crippen molar-refractivity contribution in [2.45, 2.75) is 26.3 Å². The third-order valence-electron chi connectivity index (χ3n) is 3.65. The number of aromatic nitrogens is 1. The zero-order valence-electron chi connectivity index (χ0n) is 10.6. The topological polar surface area (TPSA) is 22.0 Å². The van der Waals surface area contributed by atoms with Crippen molar-refractivity contribution >= 4 is 5.78 Å². The van der Waals surface area contributed by atoms with E-state index >= 15 is 0 Å². The number of nitrogens with zero attached hydrogens (tertiary/aromatic N) is 1. The van der Waals surface area contributed by atoms with Gasteiger partial charge in [-0.3, -0.25) is 4.79 Å². The zero-order valence-corrected chi connectivity index (χ0v) is 10.6. The number of hydrogen-bond acceptors (Lipinski definition) is 1. The van der Waals surface area contributed by atoms with Gasteiger partial charge in [0, 0.05) is 30.4 Å². The number of Topliss-reactive ketones (excluding diaryl/α,β-unsaturated/α-hetero) is 1. The van der Waals surface area contributed by atoms with Gasteiger partial charge in [0.05, 0.1) is 0 Å². The number of benzene rings is 1. The summed E-state index contributed by atoms with van der Waals surface area (Å²) in [5.41, 5.74) is 3.42. The molecule has 92 valence electrons. The fraction of sp³-hybridized carbons (Fsp3) is 0.312. The molecule has 0 bridgehead atoms. The highest BCUT2D eigenvalue weighted by Crippen LogP contribution is 2.26. The molecular weight excluding hydrogens is 222 g/mol. The second-order valence-corrected chi connectivity index (χ2v) is 5.23. The Kier molecular flexibility index (Phi) is 2.78. The van der Waals surface area contributed by atoms with Gasteiger partial charge in [-0.2, -0.15) is 0 Å².